The fourth-order valence-electron chi connectivity index (χ4n) is 7.47. The topological polar surface area (TPSA) is 187 Å². The van der Waals surface area contributed by atoms with Crippen molar-refractivity contribution >= 4 is 46.9 Å². The number of carboxylic acid groups (broad SMARTS) is 1. The highest BCUT2D eigenvalue weighted by atomic mass is 32.2. The molecule has 7 atom stereocenters. The summed E-state index contributed by atoms with van der Waals surface area (Å²) >= 11 is 2.99. The minimum absolute atomic E-state index is 0.0248. The molecule has 4 aliphatic heterocycles. The Kier molecular flexibility index (Phi) is 14.0. The van der Waals surface area contributed by atoms with Gasteiger partial charge in [-0.25, -0.2) is 15.0 Å². The fraction of sp³-hybridized carbons (Fsp3) is 0.694. The number of aliphatic hydroxyl groups is 1. The molecule has 2 amide bonds. The van der Waals surface area contributed by atoms with Gasteiger partial charge in [0.05, 0.1) is 17.7 Å². The number of aliphatic carboxylic acids is 1. The standard InChI is InChI=1S/C36H53N7O7S2/c1-20(2)27(42(5)35(47)31(24-17-51-18-24)41-33(46)28-14-23-7-11-43(28)12-8-23)16-29(50-22(4)44)34-40-26(19-52-34)32(45)39-25(13-21(3)36(48)49)15-30-37-9-6-10-38-30/h6,9-10,19-21,23-25,27-29,31-32,39,45H,7-8,11-18H2,1-5H3,(H,41,46)(H,48,49)/t21-,25+,27+,28+,29+,31-,32?/m0/s1. The number of thiazole rings is 1. The van der Waals surface area contributed by atoms with E-state index in [0.29, 0.717) is 28.9 Å². The number of rotatable bonds is 18. The number of esters is 1. The Morgan fingerprint density at radius 3 is 2.35 bits per heavy atom. The van der Waals surface area contributed by atoms with Crippen molar-refractivity contribution in [3.05, 3.63) is 40.4 Å². The largest absolute Gasteiger partial charge is 0.481 e. The van der Waals surface area contributed by atoms with Crippen LogP contribution in [0.2, 0.25) is 0 Å². The molecule has 0 aromatic carbocycles. The maximum Gasteiger partial charge on any atom is 0.306 e. The Morgan fingerprint density at radius 1 is 1.10 bits per heavy atom. The van der Waals surface area contributed by atoms with E-state index in [0.717, 1.165) is 43.9 Å². The van der Waals surface area contributed by atoms with Crippen molar-refractivity contribution in [3.8, 4) is 0 Å². The van der Waals surface area contributed by atoms with Crippen molar-refractivity contribution in [1.82, 2.24) is 35.4 Å². The normalized spacial score (nSPS) is 23.5. The van der Waals surface area contributed by atoms with Gasteiger partial charge in [0.1, 0.15) is 23.1 Å². The van der Waals surface area contributed by atoms with Gasteiger partial charge in [0, 0.05) is 62.6 Å². The third-order valence-corrected chi connectivity index (χ3v) is 12.9. The number of piperidine rings is 3. The minimum atomic E-state index is -1.25. The van der Waals surface area contributed by atoms with E-state index in [9.17, 15) is 29.4 Å². The summed E-state index contributed by atoms with van der Waals surface area (Å²) in [5.74, 6) is 0.339. The molecule has 14 nitrogen and oxygen atoms in total. The smallest absolute Gasteiger partial charge is 0.306 e. The van der Waals surface area contributed by atoms with E-state index in [1.807, 2.05) is 13.8 Å². The van der Waals surface area contributed by atoms with E-state index in [1.165, 1.54) is 18.3 Å². The second-order valence-corrected chi connectivity index (χ2v) is 16.8. The van der Waals surface area contributed by atoms with E-state index in [2.05, 4.69) is 30.5 Å². The number of hydrogen-bond donors (Lipinski definition) is 4. The predicted molar refractivity (Wildman–Crippen MR) is 197 cm³/mol. The Labute approximate surface area is 313 Å². The average Bonchev–Trinajstić information content (AvgIpc) is 3.59. The van der Waals surface area contributed by atoms with E-state index in [4.69, 9.17) is 4.74 Å². The second kappa shape index (κ2) is 18.2. The number of likely N-dealkylation sites (N-methyl/N-ethyl adjacent to an activating group) is 1. The molecule has 0 saturated carbocycles. The van der Waals surface area contributed by atoms with Gasteiger partial charge in [-0.3, -0.25) is 29.4 Å². The molecule has 4 saturated heterocycles. The van der Waals surface area contributed by atoms with Crippen LogP contribution in [0.25, 0.3) is 0 Å². The number of hydrogen-bond acceptors (Lipinski definition) is 13. The van der Waals surface area contributed by atoms with E-state index < -0.39 is 42.3 Å². The summed E-state index contributed by atoms with van der Waals surface area (Å²) in [7, 11) is 1.75. The number of fused-ring (bicyclic) bond motifs is 3. The van der Waals surface area contributed by atoms with Gasteiger partial charge in [0.25, 0.3) is 0 Å². The fourth-order valence-corrected chi connectivity index (χ4v) is 9.24. The van der Waals surface area contributed by atoms with Crippen LogP contribution in [0.1, 0.15) is 88.7 Å². The molecule has 4 fully saturated rings. The molecule has 4 aliphatic rings. The number of carbonyl (C=O) groups is 4. The number of carboxylic acids is 1. The first kappa shape index (κ1) is 40.0. The van der Waals surface area contributed by atoms with Crippen LogP contribution in [0.15, 0.2) is 23.8 Å². The number of nitrogens with one attached hydrogen (secondary N) is 2. The number of aromatic nitrogens is 3. The maximum absolute atomic E-state index is 14.3. The van der Waals surface area contributed by atoms with Crippen LogP contribution >= 0.6 is 23.1 Å². The third-order valence-electron chi connectivity index (χ3n) is 10.6. The number of ether oxygens (including phenoxy) is 1. The highest BCUT2D eigenvalue weighted by Crippen LogP contribution is 2.35. The van der Waals surface area contributed by atoms with Crippen LogP contribution in [-0.4, -0.2) is 115 Å². The summed E-state index contributed by atoms with van der Waals surface area (Å²) < 4.78 is 5.80. The summed E-state index contributed by atoms with van der Waals surface area (Å²) in [6.45, 7) is 8.79. The van der Waals surface area contributed by atoms with Crippen molar-refractivity contribution in [2.24, 2.45) is 23.7 Å². The van der Waals surface area contributed by atoms with Gasteiger partial charge in [-0.15, -0.1) is 11.3 Å². The molecule has 6 rings (SSSR count). The summed E-state index contributed by atoms with van der Waals surface area (Å²) in [5.41, 5.74) is 0.294. The molecule has 0 aliphatic carbocycles. The minimum Gasteiger partial charge on any atom is -0.481 e. The quantitative estimate of drug-likeness (QED) is 0.129. The van der Waals surface area contributed by atoms with Gasteiger partial charge in [0.15, 0.2) is 6.10 Å². The molecule has 16 heteroatoms. The Morgan fingerprint density at radius 2 is 1.79 bits per heavy atom. The second-order valence-electron chi connectivity index (χ2n) is 14.8. The Hall–Kier alpha value is -3.18. The van der Waals surface area contributed by atoms with Crippen LogP contribution < -0.4 is 10.6 Å². The lowest BCUT2D eigenvalue weighted by Crippen LogP contribution is -2.62. The molecule has 286 valence electrons. The first-order valence-electron chi connectivity index (χ1n) is 18.2. The number of amides is 2. The summed E-state index contributed by atoms with van der Waals surface area (Å²) in [5, 5.41) is 29.1. The summed E-state index contributed by atoms with van der Waals surface area (Å²) in [6.07, 6.45) is 5.02. The maximum atomic E-state index is 14.3. The third kappa shape index (κ3) is 10.3. The lowest BCUT2D eigenvalue weighted by molar-refractivity contribution is -0.149. The van der Waals surface area contributed by atoms with Gasteiger partial charge in [-0.1, -0.05) is 20.8 Å². The van der Waals surface area contributed by atoms with Crippen molar-refractivity contribution in [2.45, 2.75) is 103 Å². The molecule has 2 aromatic heterocycles. The van der Waals surface area contributed by atoms with Crippen LogP contribution in [0.4, 0.5) is 0 Å². The number of aliphatic hydroxyl groups excluding tert-OH is 1. The highest BCUT2D eigenvalue weighted by Gasteiger charge is 2.43. The van der Waals surface area contributed by atoms with E-state index in [-0.39, 0.29) is 48.6 Å². The van der Waals surface area contributed by atoms with Crippen molar-refractivity contribution in [3.63, 3.8) is 0 Å². The van der Waals surface area contributed by atoms with E-state index in [1.54, 1.807) is 54.5 Å². The van der Waals surface area contributed by atoms with Crippen molar-refractivity contribution < 1.29 is 34.1 Å². The number of thioether (sulfide) groups is 1. The van der Waals surface area contributed by atoms with Crippen molar-refractivity contribution in [1.29, 1.82) is 0 Å². The Balaban J connectivity index is 1.29. The van der Waals surface area contributed by atoms with Gasteiger partial charge < -0.3 is 25.2 Å². The molecule has 2 aromatic rings. The number of nitrogens with zero attached hydrogens (tertiary/aromatic N) is 5. The molecule has 4 N–H and O–H groups in total. The van der Waals surface area contributed by atoms with Crippen LogP contribution in [0.5, 0.6) is 0 Å². The van der Waals surface area contributed by atoms with Crippen LogP contribution in [0.3, 0.4) is 0 Å². The highest BCUT2D eigenvalue weighted by molar-refractivity contribution is 8.00. The SMILES string of the molecule is CC(=O)O[C@H](C[C@H](C(C)C)N(C)C(=O)[C@@H](NC(=O)[C@H]1CC2CCN1CC2)C1CSC1)c1nc(C(O)N[C@@H](Cc2ncccn2)C[C@H](C)C(=O)O)cs1. The lowest BCUT2D eigenvalue weighted by atomic mass is 9.83. The molecule has 6 heterocycles. The zero-order chi connectivity index (χ0) is 37.5. The zero-order valence-electron chi connectivity index (χ0n) is 30.6. The zero-order valence-corrected chi connectivity index (χ0v) is 32.3. The van der Waals surface area contributed by atoms with Gasteiger partial charge in [-0.05, 0) is 68.2 Å². The monoisotopic (exact) mass is 759 g/mol. The predicted octanol–water partition coefficient (Wildman–Crippen LogP) is 3.05. The summed E-state index contributed by atoms with van der Waals surface area (Å²) in [6, 6.07) is 0.0241. The lowest BCUT2D eigenvalue weighted by Gasteiger charge is -2.45. The van der Waals surface area contributed by atoms with Gasteiger partial charge in [-0.2, -0.15) is 11.8 Å². The molecule has 0 spiro atoms. The molecule has 52 heavy (non-hydrogen) atoms. The molecule has 1 unspecified atom stereocenters. The molecule has 2 bridgehead atoms. The number of carbonyl (C=O) groups excluding carboxylic acids is 3. The van der Waals surface area contributed by atoms with E-state index >= 15 is 0 Å². The van der Waals surface area contributed by atoms with Crippen LogP contribution in [-0.2, 0) is 30.3 Å². The molecular weight excluding hydrogens is 707 g/mol. The van der Waals surface area contributed by atoms with Crippen LogP contribution in [0, 0.1) is 23.7 Å². The first-order chi connectivity index (χ1) is 24.8. The summed E-state index contributed by atoms with van der Waals surface area (Å²) in [4.78, 5) is 69.0. The molecule has 0 radical (unpaired) electrons. The van der Waals surface area contributed by atoms with Crippen molar-refractivity contribution in [2.75, 3.05) is 31.6 Å². The first-order valence-corrected chi connectivity index (χ1v) is 20.3. The average molecular weight is 760 g/mol. The molecular formula is C36H53N7O7S2. The Bertz CT molecular complexity index is 1520. The van der Waals surface area contributed by atoms with Gasteiger partial charge in [0.2, 0.25) is 11.8 Å². The van der Waals surface area contributed by atoms with Gasteiger partial charge >= 0.3 is 11.9 Å².